The zero-order chi connectivity index (χ0) is 20.4. The first kappa shape index (κ1) is 19.3. The fraction of sp³-hybridized carbons (Fsp3) is 0.278. The first-order valence-electron chi connectivity index (χ1n) is 8.87. The number of sulfonamides is 1. The standard InChI is InChI=1S/C18H19N5O5S/c1-27-15-3-2-13(29(25,26)22-8-10-28-11-9-22)12-14(15)18(24)21-17-4-6-19-16-5-7-20-23(16)17/h2-7,12H,8-11H2,1H3,(H,21,24). The molecule has 0 bridgehead atoms. The lowest BCUT2D eigenvalue weighted by molar-refractivity contribution is 0.0730. The van der Waals surface area contributed by atoms with Crippen molar-refractivity contribution in [2.75, 3.05) is 38.7 Å². The normalized spacial score (nSPS) is 15.3. The van der Waals surface area contributed by atoms with Crippen LogP contribution in [0.15, 0.2) is 47.6 Å². The van der Waals surface area contributed by atoms with Crippen LogP contribution in [0.5, 0.6) is 5.75 Å². The summed E-state index contributed by atoms with van der Waals surface area (Å²) in [6.45, 7) is 1.21. The van der Waals surface area contributed by atoms with E-state index in [1.54, 1.807) is 24.5 Å². The number of benzene rings is 1. The van der Waals surface area contributed by atoms with Crippen LogP contribution in [-0.2, 0) is 14.8 Å². The fourth-order valence-electron chi connectivity index (χ4n) is 3.07. The molecule has 1 saturated heterocycles. The number of rotatable bonds is 5. The van der Waals surface area contributed by atoms with E-state index in [1.165, 1.54) is 34.1 Å². The van der Waals surface area contributed by atoms with Gasteiger partial charge >= 0.3 is 0 Å². The van der Waals surface area contributed by atoms with Gasteiger partial charge in [-0.15, -0.1) is 0 Å². The van der Waals surface area contributed by atoms with Crippen molar-refractivity contribution >= 4 is 27.4 Å². The number of morpholine rings is 1. The molecule has 1 aliphatic heterocycles. The number of carbonyl (C=O) groups excluding carboxylic acids is 1. The second-order valence-corrected chi connectivity index (χ2v) is 8.20. The molecule has 1 aromatic carbocycles. The van der Waals surface area contributed by atoms with Crippen LogP contribution in [0.4, 0.5) is 5.82 Å². The maximum atomic E-state index is 12.9. The summed E-state index contributed by atoms with van der Waals surface area (Å²) in [6, 6.07) is 7.52. The van der Waals surface area contributed by atoms with Gasteiger partial charge in [-0.3, -0.25) is 4.79 Å². The van der Waals surface area contributed by atoms with Crippen LogP contribution in [0, 0.1) is 0 Å². The summed E-state index contributed by atoms with van der Waals surface area (Å²) in [6.07, 6.45) is 3.11. The van der Waals surface area contributed by atoms with Gasteiger partial charge in [0, 0.05) is 25.4 Å². The number of nitrogens with zero attached hydrogens (tertiary/aromatic N) is 4. The first-order chi connectivity index (χ1) is 14.0. The van der Waals surface area contributed by atoms with Crippen molar-refractivity contribution in [1.82, 2.24) is 18.9 Å². The van der Waals surface area contributed by atoms with Crippen LogP contribution in [0.1, 0.15) is 10.4 Å². The Morgan fingerprint density at radius 2 is 1.97 bits per heavy atom. The van der Waals surface area contributed by atoms with Crippen molar-refractivity contribution in [1.29, 1.82) is 0 Å². The number of hydrogen-bond acceptors (Lipinski definition) is 7. The second kappa shape index (κ2) is 7.78. The Labute approximate surface area is 167 Å². The van der Waals surface area contributed by atoms with Gasteiger partial charge in [-0.2, -0.15) is 13.9 Å². The number of aromatic nitrogens is 3. The van der Waals surface area contributed by atoms with E-state index in [1.807, 2.05) is 0 Å². The van der Waals surface area contributed by atoms with Crippen molar-refractivity contribution in [3.8, 4) is 5.75 Å². The molecule has 2 aromatic heterocycles. The minimum Gasteiger partial charge on any atom is -0.496 e. The third-order valence-corrected chi connectivity index (χ3v) is 6.45. The summed E-state index contributed by atoms with van der Waals surface area (Å²) in [5.41, 5.74) is 0.664. The number of ether oxygens (including phenoxy) is 2. The Hall–Kier alpha value is -3.02. The van der Waals surface area contributed by atoms with E-state index in [0.717, 1.165) is 0 Å². The lowest BCUT2D eigenvalue weighted by Gasteiger charge is -2.26. The van der Waals surface area contributed by atoms with Gasteiger partial charge in [0.2, 0.25) is 10.0 Å². The van der Waals surface area contributed by atoms with E-state index in [0.29, 0.717) is 24.7 Å². The summed E-state index contributed by atoms with van der Waals surface area (Å²) >= 11 is 0. The van der Waals surface area contributed by atoms with Gasteiger partial charge < -0.3 is 14.8 Å². The number of hydrogen-bond donors (Lipinski definition) is 1. The van der Waals surface area contributed by atoms with E-state index in [4.69, 9.17) is 9.47 Å². The van der Waals surface area contributed by atoms with Crippen molar-refractivity contribution in [3.05, 3.63) is 48.3 Å². The summed E-state index contributed by atoms with van der Waals surface area (Å²) < 4.78 is 39.2. The molecule has 10 nitrogen and oxygen atoms in total. The topological polar surface area (TPSA) is 115 Å². The molecule has 0 radical (unpaired) electrons. The Balaban J connectivity index is 1.68. The highest BCUT2D eigenvalue weighted by Crippen LogP contribution is 2.26. The molecular formula is C18H19N5O5S. The number of nitrogens with one attached hydrogen (secondary N) is 1. The van der Waals surface area contributed by atoms with Crippen molar-refractivity contribution < 1.29 is 22.7 Å². The van der Waals surface area contributed by atoms with Crippen LogP contribution in [0.25, 0.3) is 5.65 Å². The molecule has 3 heterocycles. The Bertz CT molecular complexity index is 1150. The van der Waals surface area contributed by atoms with Crippen molar-refractivity contribution in [2.45, 2.75) is 4.90 Å². The average Bonchev–Trinajstić information content (AvgIpc) is 3.24. The van der Waals surface area contributed by atoms with Crippen LogP contribution in [-0.4, -0.2) is 66.6 Å². The molecule has 0 atom stereocenters. The van der Waals surface area contributed by atoms with Crippen molar-refractivity contribution in [3.63, 3.8) is 0 Å². The van der Waals surface area contributed by atoms with E-state index in [2.05, 4.69) is 15.4 Å². The Kier molecular flexibility index (Phi) is 5.18. The predicted molar refractivity (Wildman–Crippen MR) is 104 cm³/mol. The summed E-state index contributed by atoms with van der Waals surface area (Å²) in [5.74, 6) is 0.131. The smallest absolute Gasteiger partial charge is 0.260 e. The van der Waals surface area contributed by atoms with Crippen LogP contribution < -0.4 is 10.1 Å². The third-order valence-electron chi connectivity index (χ3n) is 4.56. The van der Waals surface area contributed by atoms with Crippen LogP contribution in [0.3, 0.4) is 0 Å². The molecule has 152 valence electrons. The number of fused-ring (bicyclic) bond motifs is 1. The zero-order valence-corrected chi connectivity index (χ0v) is 16.4. The van der Waals surface area contributed by atoms with Gasteiger partial charge in [-0.05, 0) is 24.3 Å². The molecule has 0 spiro atoms. The lowest BCUT2D eigenvalue weighted by atomic mass is 10.2. The molecule has 3 aromatic rings. The van der Waals surface area contributed by atoms with E-state index < -0.39 is 15.9 Å². The molecule has 0 unspecified atom stereocenters. The molecular weight excluding hydrogens is 398 g/mol. The summed E-state index contributed by atoms with van der Waals surface area (Å²) in [7, 11) is -2.33. The highest BCUT2D eigenvalue weighted by Gasteiger charge is 2.28. The SMILES string of the molecule is COc1ccc(S(=O)(=O)N2CCOCC2)cc1C(=O)Nc1ccnc2ccnn12. The number of anilines is 1. The van der Waals surface area contributed by atoms with Gasteiger partial charge in [0.15, 0.2) is 5.65 Å². The average molecular weight is 417 g/mol. The van der Waals surface area contributed by atoms with E-state index in [-0.39, 0.29) is 29.3 Å². The zero-order valence-electron chi connectivity index (χ0n) is 15.6. The third kappa shape index (κ3) is 3.67. The molecule has 1 N–H and O–H groups in total. The van der Waals surface area contributed by atoms with Crippen LogP contribution >= 0.6 is 0 Å². The van der Waals surface area contributed by atoms with Gasteiger partial charge in [0.25, 0.3) is 5.91 Å². The maximum Gasteiger partial charge on any atom is 0.260 e. The largest absolute Gasteiger partial charge is 0.496 e. The number of methoxy groups -OCH3 is 1. The van der Waals surface area contributed by atoms with Gasteiger partial charge in [-0.25, -0.2) is 13.4 Å². The minimum atomic E-state index is -3.75. The van der Waals surface area contributed by atoms with E-state index >= 15 is 0 Å². The molecule has 1 aliphatic rings. The highest BCUT2D eigenvalue weighted by molar-refractivity contribution is 7.89. The number of amides is 1. The number of carbonyl (C=O) groups is 1. The highest BCUT2D eigenvalue weighted by atomic mass is 32.2. The van der Waals surface area contributed by atoms with Crippen molar-refractivity contribution in [2.24, 2.45) is 0 Å². The molecule has 11 heteroatoms. The molecule has 1 amide bonds. The molecule has 0 aliphatic carbocycles. The molecule has 29 heavy (non-hydrogen) atoms. The van der Waals surface area contributed by atoms with Gasteiger partial charge in [-0.1, -0.05) is 0 Å². The Morgan fingerprint density at radius 1 is 1.17 bits per heavy atom. The monoisotopic (exact) mass is 417 g/mol. The first-order valence-corrected chi connectivity index (χ1v) is 10.3. The lowest BCUT2D eigenvalue weighted by Crippen LogP contribution is -2.40. The second-order valence-electron chi connectivity index (χ2n) is 6.26. The fourth-order valence-corrected chi connectivity index (χ4v) is 4.51. The molecule has 4 rings (SSSR count). The predicted octanol–water partition coefficient (Wildman–Crippen LogP) is 1.01. The van der Waals surface area contributed by atoms with Gasteiger partial charge in [0.1, 0.15) is 11.6 Å². The molecule has 0 saturated carbocycles. The van der Waals surface area contributed by atoms with E-state index in [9.17, 15) is 13.2 Å². The van der Waals surface area contributed by atoms with Crippen LogP contribution in [0.2, 0.25) is 0 Å². The Morgan fingerprint density at radius 3 is 2.72 bits per heavy atom. The minimum absolute atomic E-state index is 0.0179. The quantitative estimate of drug-likeness (QED) is 0.659. The maximum absolute atomic E-state index is 12.9. The molecule has 1 fully saturated rings. The summed E-state index contributed by atoms with van der Waals surface area (Å²) in [4.78, 5) is 17.1. The van der Waals surface area contributed by atoms with Gasteiger partial charge in [0.05, 0.1) is 37.0 Å². The summed E-state index contributed by atoms with van der Waals surface area (Å²) in [5, 5.41) is 6.85.